The predicted molar refractivity (Wildman–Crippen MR) is 66.9 cm³/mol. The molecule has 0 aliphatic heterocycles. The second kappa shape index (κ2) is 5.14. The molecule has 0 atom stereocenters. The minimum atomic E-state index is -0.514. The number of benzene rings is 1. The van der Waals surface area contributed by atoms with Crippen LogP contribution in [-0.2, 0) is 0 Å². The molecule has 1 heterocycles. The van der Waals surface area contributed by atoms with Crippen molar-refractivity contribution in [3.05, 3.63) is 57.8 Å². The van der Waals surface area contributed by atoms with Gasteiger partial charge in [-0.15, -0.1) is 0 Å². The Bertz CT molecular complexity index is 677. The van der Waals surface area contributed by atoms with Gasteiger partial charge in [-0.2, -0.15) is 5.26 Å². The van der Waals surface area contributed by atoms with E-state index in [1.54, 1.807) is 25.1 Å². The van der Waals surface area contributed by atoms with Crippen molar-refractivity contribution in [3.8, 4) is 17.7 Å². The van der Waals surface area contributed by atoms with Gasteiger partial charge >= 0.3 is 5.69 Å². The Morgan fingerprint density at radius 3 is 2.84 bits per heavy atom. The highest BCUT2D eigenvalue weighted by molar-refractivity contribution is 5.54. The normalized spacial score (nSPS) is 9.68. The maximum Gasteiger partial charge on any atom is 0.314 e. The lowest BCUT2D eigenvalue weighted by Gasteiger charge is -2.07. The minimum Gasteiger partial charge on any atom is -0.430 e. The highest BCUT2D eigenvalue weighted by atomic mass is 16.6. The summed E-state index contributed by atoms with van der Waals surface area (Å²) in [4.78, 5) is 14.4. The molecule has 6 heteroatoms. The van der Waals surface area contributed by atoms with E-state index in [-0.39, 0.29) is 22.9 Å². The van der Waals surface area contributed by atoms with Crippen molar-refractivity contribution in [1.29, 1.82) is 5.26 Å². The zero-order chi connectivity index (χ0) is 13.8. The van der Waals surface area contributed by atoms with E-state index < -0.39 is 4.92 Å². The average Bonchev–Trinajstić information content (AvgIpc) is 2.39. The molecule has 94 valence electrons. The molecule has 0 aliphatic carbocycles. The Morgan fingerprint density at radius 2 is 2.16 bits per heavy atom. The van der Waals surface area contributed by atoms with Crippen LogP contribution >= 0.6 is 0 Å². The maximum atomic E-state index is 11.0. The second-order valence-electron chi connectivity index (χ2n) is 3.75. The number of para-hydroxylation sites is 1. The molecular formula is C13H9N3O3. The molecule has 2 aromatic rings. The summed E-state index contributed by atoms with van der Waals surface area (Å²) in [6.07, 6.45) is 1.46. The first-order valence-corrected chi connectivity index (χ1v) is 5.40. The number of aromatic nitrogens is 1. The number of hydrogen-bond donors (Lipinski definition) is 0. The second-order valence-corrected chi connectivity index (χ2v) is 3.75. The fourth-order valence-corrected chi connectivity index (χ4v) is 1.61. The Morgan fingerprint density at radius 1 is 1.37 bits per heavy atom. The van der Waals surface area contributed by atoms with Gasteiger partial charge in [0.2, 0.25) is 11.6 Å². The van der Waals surface area contributed by atoms with Crippen molar-refractivity contribution in [2.24, 2.45) is 0 Å². The zero-order valence-corrected chi connectivity index (χ0v) is 10.0. The first-order chi connectivity index (χ1) is 9.13. The van der Waals surface area contributed by atoms with E-state index in [0.29, 0.717) is 5.56 Å². The fraction of sp³-hybridized carbons (Fsp3) is 0.0769. The molecule has 0 radical (unpaired) electrons. The highest BCUT2D eigenvalue weighted by Crippen LogP contribution is 2.33. The van der Waals surface area contributed by atoms with Gasteiger partial charge in [0.15, 0.2) is 0 Å². The number of hydrogen-bond acceptors (Lipinski definition) is 5. The van der Waals surface area contributed by atoms with Crippen LogP contribution in [0.15, 0.2) is 36.5 Å². The van der Waals surface area contributed by atoms with Gasteiger partial charge in [-0.3, -0.25) is 10.1 Å². The molecule has 0 bridgehead atoms. The van der Waals surface area contributed by atoms with Crippen LogP contribution in [0.1, 0.15) is 11.1 Å². The van der Waals surface area contributed by atoms with Gasteiger partial charge in [0.1, 0.15) is 11.6 Å². The number of rotatable bonds is 3. The van der Waals surface area contributed by atoms with E-state index >= 15 is 0 Å². The summed E-state index contributed by atoms with van der Waals surface area (Å²) < 4.78 is 5.40. The largest absolute Gasteiger partial charge is 0.430 e. The van der Waals surface area contributed by atoms with Crippen molar-refractivity contribution in [2.75, 3.05) is 0 Å². The van der Waals surface area contributed by atoms with Gasteiger partial charge in [-0.05, 0) is 25.1 Å². The minimum absolute atomic E-state index is 0.0544. The van der Waals surface area contributed by atoms with Crippen LogP contribution in [0.3, 0.4) is 0 Å². The first kappa shape index (κ1) is 12.5. The van der Waals surface area contributed by atoms with E-state index in [1.807, 2.05) is 6.07 Å². The SMILES string of the molecule is Cc1cccc(Oc2ncccc2C#N)c1[N+](=O)[O-]. The number of aryl methyl sites for hydroxylation is 1. The molecule has 0 saturated carbocycles. The molecule has 0 N–H and O–H groups in total. The molecular weight excluding hydrogens is 246 g/mol. The van der Waals surface area contributed by atoms with E-state index in [2.05, 4.69) is 4.98 Å². The summed E-state index contributed by atoms with van der Waals surface area (Å²) >= 11 is 0. The van der Waals surface area contributed by atoms with Gasteiger partial charge in [0, 0.05) is 11.8 Å². The van der Waals surface area contributed by atoms with Gasteiger partial charge in [0.25, 0.3) is 0 Å². The number of nitro benzene ring substituents is 1. The van der Waals surface area contributed by atoms with Crippen molar-refractivity contribution < 1.29 is 9.66 Å². The number of ether oxygens (including phenoxy) is 1. The predicted octanol–water partition coefficient (Wildman–Crippen LogP) is 2.96. The Labute approximate surface area is 109 Å². The summed E-state index contributed by atoms with van der Waals surface area (Å²) in [6, 6.07) is 9.79. The highest BCUT2D eigenvalue weighted by Gasteiger charge is 2.20. The van der Waals surface area contributed by atoms with E-state index in [9.17, 15) is 10.1 Å². The van der Waals surface area contributed by atoms with Crippen molar-refractivity contribution in [3.63, 3.8) is 0 Å². The van der Waals surface area contributed by atoms with Crippen molar-refractivity contribution >= 4 is 5.69 Å². The smallest absolute Gasteiger partial charge is 0.314 e. The number of pyridine rings is 1. The molecule has 0 amide bonds. The molecule has 2 rings (SSSR count). The van der Waals surface area contributed by atoms with Gasteiger partial charge in [-0.25, -0.2) is 4.98 Å². The summed E-state index contributed by atoms with van der Waals surface area (Å²) in [5, 5.41) is 20.0. The fourth-order valence-electron chi connectivity index (χ4n) is 1.61. The van der Waals surface area contributed by atoms with Crippen LogP contribution in [0, 0.1) is 28.4 Å². The molecule has 0 spiro atoms. The van der Waals surface area contributed by atoms with Crippen LogP contribution in [0.4, 0.5) is 5.69 Å². The Balaban J connectivity index is 2.48. The Hall–Kier alpha value is -2.94. The molecule has 0 fully saturated rings. The van der Waals surface area contributed by atoms with E-state index in [1.165, 1.54) is 18.3 Å². The first-order valence-electron chi connectivity index (χ1n) is 5.40. The number of nitro groups is 1. The lowest BCUT2D eigenvalue weighted by atomic mass is 10.2. The third-order valence-electron chi connectivity index (χ3n) is 2.48. The van der Waals surface area contributed by atoms with Crippen LogP contribution in [0.5, 0.6) is 11.6 Å². The molecule has 0 aliphatic rings. The molecule has 1 aromatic heterocycles. The van der Waals surface area contributed by atoms with Crippen molar-refractivity contribution in [1.82, 2.24) is 4.98 Å². The summed E-state index contributed by atoms with van der Waals surface area (Å²) in [5.74, 6) is 0.124. The lowest BCUT2D eigenvalue weighted by molar-refractivity contribution is -0.386. The monoisotopic (exact) mass is 255 g/mol. The number of nitriles is 1. The van der Waals surface area contributed by atoms with Crippen LogP contribution in [-0.4, -0.2) is 9.91 Å². The average molecular weight is 255 g/mol. The zero-order valence-electron chi connectivity index (χ0n) is 10.0. The van der Waals surface area contributed by atoms with Gasteiger partial charge in [-0.1, -0.05) is 12.1 Å². The van der Waals surface area contributed by atoms with Gasteiger partial charge in [0.05, 0.1) is 4.92 Å². The topological polar surface area (TPSA) is 89.0 Å². The third kappa shape index (κ3) is 2.50. The van der Waals surface area contributed by atoms with Crippen LogP contribution < -0.4 is 4.74 Å². The van der Waals surface area contributed by atoms with Gasteiger partial charge < -0.3 is 4.74 Å². The molecule has 6 nitrogen and oxygen atoms in total. The van der Waals surface area contributed by atoms with Crippen LogP contribution in [0.2, 0.25) is 0 Å². The molecule has 0 saturated heterocycles. The van der Waals surface area contributed by atoms with Crippen LogP contribution in [0.25, 0.3) is 0 Å². The molecule has 1 aromatic carbocycles. The standard InChI is InChI=1S/C13H9N3O3/c1-9-4-2-6-11(12(9)16(17)18)19-13-10(8-14)5-3-7-15-13/h2-7H,1H3. The lowest BCUT2D eigenvalue weighted by Crippen LogP contribution is -1.98. The third-order valence-corrected chi connectivity index (χ3v) is 2.48. The molecule has 0 unspecified atom stereocenters. The Kier molecular flexibility index (Phi) is 3.39. The summed E-state index contributed by atoms with van der Waals surface area (Å²) in [6.45, 7) is 1.62. The van der Waals surface area contributed by atoms with E-state index in [0.717, 1.165) is 0 Å². The summed E-state index contributed by atoms with van der Waals surface area (Å²) in [7, 11) is 0. The van der Waals surface area contributed by atoms with Crippen molar-refractivity contribution in [2.45, 2.75) is 6.92 Å². The van der Waals surface area contributed by atoms with E-state index in [4.69, 9.17) is 10.00 Å². The molecule has 19 heavy (non-hydrogen) atoms. The summed E-state index contributed by atoms with van der Waals surface area (Å²) in [5.41, 5.74) is 0.576. The number of nitrogens with zero attached hydrogens (tertiary/aromatic N) is 3. The maximum absolute atomic E-state index is 11.0. The quantitative estimate of drug-likeness (QED) is 0.621.